The Labute approximate surface area is 144 Å². The van der Waals surface area contributed by atoms with Crippen molar-refractivity contribution in [3.63, 3.8) is 0 Å². The fourth-order valence-corrected chi connectivity index (χ4v) is 3.37. The molecule has 0 aliphatic carbocycles. The number of benzene rings is 1. The first kappa shape index (κ1) is 16.3. The summed E-state index contributed by atoms with van der Waals surface area (Å²) in [5, 5.41) is 6.86. The van der Waals surface area contributed by atoms with E-state index >= 15 is 0 Å². The van der Waals surface area contributed by atoms with Crippen LogP contribution < -0.4 is 11.1 Å². The van der Waals surface area contributed by atoms with Gasteiger partial charge in [-0.25, -0.2) is 0 Å². The van der Waals surface area contributed by atoms with Crippen LogP contribution in [0.2, 0.25) is 0 Å². The number of carbonyl (C=O) groups excluding carboxylic acids is 1. The molecule has 0 aliphatic rings. The molecule has 0 spiro atoms. The van der Waals surface area contributed by atoms with Crippen LogP contribution in [0.25, 0.3) is 10.6 Å². The minimum absolute atomic E-state index is 0.0497. The Morgan fingerprint density at radius 3 is 2.75 bits per heavy atom. The average molecular weight is 341 g/mol. The lowest BCUT2D eigenvalue weighted by molar-refractivity contribution is 0.0955. The van der Waals surface area contributed by atoms with E-state index in [2.05, 4.69) is 17.4 Å². The maximum absolute atomic E-state index is 12.5. The minimum atomic E-state index is -0.258. The smallest absolute Gasteiger partial charge is 0.259 e. The molecule has 0 saturated heterocycles. The number of rotatable bonds is 6. The van der Waals surface area contributed by atoms with E-state index in [0.29, 0.717) is 17.8 Å². The Hall–Kier alpha value is -2.60. The molecule has 5 nitrogen and oxygen atoms in total. The number of nitrogens with two attached hydrogens (primary N) is 1. The van der Waals surface area contributed by atoms with Gasteiger partial charge in [-0.1, -0.05) is 42.4 Å². The number of hydrogen-bond donors (Lipinski definition) is 2. The van der Waals surface area contributed by atoms with Gasteiger partial charge in [-0.15, -0.1) is 11.3 Å². The molecule has 24 heavy (non-hydrogen) atoms. The van der Waals surface area contributed by atoms with Gasteiger partial charge in [-0.2, -0.15) is 0 Å². The number of amides is 1. The molecule has 0 atom stereocenters. The fourth-order valence-electron chi connectivity index (χ4n) is 2.44. The van der Waals surface area contributed by atoms with E-state index in [1.807, 2.05) is 42.5 Å². The van der Waals surface area contributed by atoms with E-state index in [9.17, 15) is 4.79 Å². The van der Waals surface area contributed by atoms with Crippen LogP contribution >= 0.6 is 11.3 Å². The first-order chi connectivity index (χ1) is 11.7. The van der Waals surface area contributed by atoms with E-state index in [1.54, 1.807) is 11.3 Å². The third-order valence-electron chi connectivity index (χ3n) is 3.73. The van der Waals surface area contributed by atoms with Crippen LogP contribution in [0.15, 0.2) is 47.0 Å². The van der Waals surface area contributed by atoms with Gasteiger partial charge in [-0.3, -0.25) is 4.79 Å². The summed E-state index contributed by atoms with van der Waals surface area (Å²) in [6.07, 6.45) is 1.70. The molecule has 0 fully saturated rings. The largest absolute Gasteiger partial charge is 0.367 e. The predicted octanol–water partition coefficient (Wildman–Crippen LogP) is 3.52. The zero-order chi connectivity index (χ0) is 16.9. The first-order valence-corrected chi connectivity index (χ1v) is 8.67. The molecular weight excluding hydrogens is 322 g/mol. The number of nitrogen functional groups attached to an aromatic ring is 1. The third kappa shape index (κ3) is 3.49. The molecule has 3 N–H and O–H groups in total. The minimum Gasteiger partial charge on any atom is -0.367 e. The molecule has 0 aliphatic heterocycles. The van der Waals surface area contributed by atoms with Gasteiger partial charge in [0.15, 0.2) is 0 Å². The number of aromatic nitrogens is 1. The monoisotopic (exact) mass is 341 g/mol. The first-order valence-electron chi connectivity index (χ1n) is 7.85. The van der Waals surface area contributed by atoms with E-state index in [-0.39, 0.29) is 11.8 Å². The summed E-state index contributed by atoms with van der Waals surface area (Å²) in [6.45, 7) is 2.61. The zero-order valence-electron chi connectivity index (χ0n) is 13.4. The molecule has 0 unspecified atom stereocenters. The van der Waals surface area contributed by atoms with Gasteiger partial charge < -0.3 is 15.6 Å². The van der Waals surface area contributed by atoms with Gasteiger partial charge in [0.1, 0.15) is 11.3 Å². The maximum Gasteiger partial charge on any atom is 0.259 e. The third-order valence-corrected chi connectivity index (χ3v) is 4.97. The molecule has 0 bridgehead atoms. The van der Waals surface area contributed by atoms with Crippen LogP contribution in [-0.2, 0) is 12.8 Å². The zero-order valence-corrected chi connectivity index (χ0v) is 14.2. The van der Waals surface area contributed by atoms with Crippen molar-refractivity contribution in [2.24, 2.45) is 0 Å². The molecule has 1 amide bonds. The molecule has 2 aromatic heterocycles. The quantitative estimate of drug-likeness (QED) is 0.719. The topological polar surface area (TPSA) is 81.2 Å². The second-order valence-electron chi connectivity index (χ2n) is 5.38. The highest BCUT2D eigenvalue weighted by Crippen LogP contribution is 2.32. The molecular formula is C18H19N3O2S. The van der Waals surface area contributed by atoms with E-state index < -0.39 is 0 Å². The number of nitrogens with zero attached hydrogens (tertiary/aromatic N) is 1. The van der Waals surface area contributed by atoms with Gasteiger partial charge >= 0.3 is 0 Å². The van der Waals surface area contributed by atoms with Crippen molar-refractivity contribution in [2.45, 2.75) is 19.8 Å². The van der Waals surface area contributed by atoms with Gasteiger partial charge in [0.25, 0.3) is 5.91 Å². The number of hydrogen-bond acceptors (Lipinski definition) is 5. The Kier molecular flexibility index (Phi) is 4.96. The normalized spacial score (nSPS) is 10.7. The summed E-state index contributed by atoms with van der Waals surface area (Å²) in [5.74, 6) is -0.209. The number of nitrogens with one attached hydrogen (secondary N) is 1. The summed E-state index contributed by atoms with van der Waals surface area (Å²) in [5.41, 5.74) is 7.81. The van der Waals surface area contributed by atoms with E-state index in [4.69, 9.17) is 10.3 Å². The SMILES string of the molecule is CCc1ccc(-c2noc(N)c2C(=O)NCCc2ccccc2)s1. The number of thiophene rings is 1. The van der Waals surface area contributed by atoms with Crippen LogP contribution in [0.3, 0.4) is 0 Å². The highest BCUT2D eigenvalue weighted by atomic mass is 32.1. The molecule has 6 heteroatoms. The van der Waals surface area contributed by atoms with Crippen LogP contribution in [0.4, 0.5) is 5.88 Å². The van der Waals surface area contributed by atoms with Gasteiger partial charge in [-0.05, 0) is 30.5 Å². The van der Waals surface area contributed by atoms with Crippen molar-refractivity contribution >= 4 is 23.1 Å². The molecule has 124 valence electrons. The molecule has 3 rings (SSSR count). The van der Waals surface area contributed by atoms with Gasteiger partial charge in [0, 0.05) is 11.4 Å². The van der Waals surface area contributed by atoms with E-state index in [0.717, 1.165) is 17.7 Å². The van der Waals surface area contributed by atoms with Gasteiger partial charge in [0.05, 0.1) is 4.88 Å². The molecule has 0 radical (unpaired) electrons. The molecule has 2 heterocycles. The second-order valence-corrected chi connectivity index (χ2v) is 6.55. The Morgan fingerprint density at radius 2 is 2.04 bits per heavy atom. The lowest BCUT2D eigenvalue weighted by atomic mass is 10.1. The van der Waals surface area contributed by atoms with Crippen molar-refractivity contribution < 1.29 is 9.32 Å². The highest BCUT2D eigenvalue weighted by Gasteiger charge is 2.23. The van der Waals surface area contributed by atoms with Crippen molar-refractivity contribution in [3.8, 4) is 10.6 Å². The average Bonchev–Trinajstić information content (AvgIpc) is 3.22. The summed E-state index contributed by atoms with van der Waals surface area (Å²) >= 11 is 1.59. The number of carbonyl (C=O) groups is 1. The number of aryl methyl sites for hydroxylation is 1. The lowest BCUT2D eigenvalue weighted by Gasteiger charge is -2.05. The fraction of sp³-hybridized carbons (Fsp3) is 0.222. The second kappa shape index (κ2) is 7.31. The molecule has 0 saturated carbocycles. The standard InChI is InChI=1S/C18H19N3O2S/c1-2-13-8-9-14(24-13)16-15(17(19)23-21-16)18(22)20-11-10-12-6-4-3-5-7-12/h3-9H,2,10-11,19H2,1H3,(H,20,22). The maximum atomic E-state index is 12.5. The highest BCUT2D eigenvalue weighted by molar-refractivity contribution is 7.15. The van der Waals surface area contributed by atoms with Crippen LogP contribution in [0.5, 0.6) is 0 Å². The van der Waals surface area contributed by atoms with Gasteiger partial charge in [0.2, 0.25) is 5.88 Å². The summed E-state index contributed by atoms with van der Waals surface area (Å²) < 4.78 is 5.05. The van der Waals surface area contributed by atoms with Crippen molar-refractivity contribution in [3.05, 3.63) is 58.5 Å². The van der Waals surface area contributed by atoms with E-state index in [1.165, 1.54) is 10.4 Å². The molecule has 1 aromatic carbocycles. The van der Waals surface area contributed by atoms with Crippen LogP contribution in [-0.4, -0.2) is 17.6 Å². The molecule has 3 aromatic rings. The Morgan fingerprint density at radius 1 is 1.25 bits per heavy atom. The summed E-state index contributed by atoms with van der Waals surface area (Å²) in [6, 6.07) is 14.0. The lowest BCUT2D eigenvalue weighted by Crippen LogP contribution is -2.26. The Bertz CT molecular complexity index is 824. The van der Waals surface area contributed by atoms with Crippen LogP contribution in [0.1, 0.15) is 27.7 Å². The van der Waals surface area contributed by atoms with Crippen molar-refractivity contribution in [2.75, 3.05) is 12.3 Å². The van der Waals surface area contributed by atoms with Crippen LogP contribution in [0, 0.1) is 0 Å². The van der Waals surface area contributed by atoms with Crippen molar-refractivity contribution in [1.82, 2.24) is 10.5 Å². The predicted molar refractivity (Wildman–Crippen MR) is 96.1 cm³/mol. The van der Waals surface area contributed by atoms with Crippen molar-refractivity contribution in [1.29, 1.82) is 0 Å². The number of anilines is 1. The Balaban J connectivity index is 1.71. The summed E-state index contributed by atoms with van der Waals surface area (Å²) in [4.78, 5) is 14.6. The summed E-state index contributed by atoms with van der Waals surface area (Å²) in [7, 11) is 0.